The van der Waals surface area contributed by atoms with E-state index in [1.165, 1.54) is 83.5 Å². The van der Waals surface area contributed by atoms with Crippen molar-refractivity contribution in [3.63, 3.8) is 0 Å². The summed E-state index contributed by atoms with van der Waals surface area (Å²) in [6.07, 6.45) is 75.3. The van der Waals surface area contributed by atoms with Crippen molar-refractivity contribution in [1.82, 2.24) is 0 Å². The molecular weight excluding hydrogens is 853 g/mol. The molecule has 0 rings (SSSR count). The minimum atomic E-state index is -0.798. The molecule has 0 aromatic rings. The Kier molecular flexibility index (Phi) is 53.9. The predicted octanol–water partition coefficient (Wildman–Crippen LogP) is 19.3. The zero-order valence-electron chi connectivity index (χ0n) is 45.0. The van der Waals surface area contributed by atoms with E-state index in [0.717, 1.165) is 141 Å². The van der Waals surface area contributed by atoms with Gasteiger partial charge in [-0.15, -0.1) is 0 Å². The van der Waals surface area contributed by atoms with Gasteiger partial charge in [-0.1, -0.05) is 221 Å². The maximum Gasteiger partial charge on any atom is 0.306 e. The molecule has 0 amide bonds. The summed E-state index contributed by atoms with van der Waals surface area (Å²) in [6.45, 7) is 6.46. The Hall–Kier alpha value is -3.67. The van der Waals surface area contributed by atoms with E-state index in [1.807, 2.05) is 0 Å². The summed E-state index contributed by atoms with van der Waals surface area (Å²) in [4.78, 5) is 38.2. The van der Waals surface area contributed by atoms with Crippen molar-refractivity contribution in [2.45, 2.75) is 271 Å². The van der Waals surface area contributed by atoms with Crippen LogP contribution >= 0.6 is 0 Å². The minimum absolute atomic E-state index is 0.0943. The van der Waals surface area contributed by atoms with Crippen LogP contribution in [0.25, 0.3) is 0 Å². The van der Waals surface area contributed by atoms with Gasteiger partial charge in [0.05, 0.1) is 0 Å². The number of rotatable bonds is 51. The third-order valence-corrected chi connectivity index (χ3v) is 12.0. The Balaban J connectivity index is 4.45. The Bertz CT molecular complexity index is 1380. The van der Waals surface area contributed by atoms with Gasteiger partial charge in [0, 0.05) is 19.3 Å². The molecule has 1 atom stereocenters. The molecule has 0 heterocycles. The van der Waals surface area contributed by atoms with E-state index in [2.05, 4.69) is 118 Å². The SMILES string of the molecule is CC/C=C\C/C=C\C/C=C\C/C=C\C/C=C\CCCCCCCC(=O)OCC(COC(=O)CCCCCCC/C=C\CCCCCCCC)OC(=O)CCCCCCC/C=C\C/C=C\CCCCC. The molecule has 1 unspecified atom stereocenters. The third-order valence-electron chi connectivity index (χ3n) is 12.0. The van der Waals surface area contributed by atoms with E-state index < -0.39 is 6.10 Å². The Labute approximate surface area is 426 Å². The lowest BCUT2D eigenvalue weighted by Gasteiger charge is -2.18. The summed E-state index contributed by atoms with van der Waals surface area (Å²) < 4.78 is 16.8. The average molecular weight is 960 g/mol. The maximum absolute atomic E-state index is 12.8. The van der Waals surface area contributed by atoms with Gasteiger partial charge in [-0.3, -0.25) is 14.4 Å². The first-order chi connectivity index (χ1) is 34.0. The first-order valence-electron chi connectivity index (χ1n) is 28.7. The molecule has 0 N–H and O–H groups in total. The lowest BCUT2D eigenvalue weighted by molar-refractivity contribution is -0.167. The monoisotopic (exact) mass is 959 g/mol. The van der Waals surface area contributed by atoms with E-state index in [-0.39, 0.29) is 31.1 Å². The van der Waals surface area contributed by atoms with E-state index in [0.29, 0.717) is 19.3 Å². The van der Waals surface area contributed by atoms with Crippen LogP contribution in [0, 0.1) is 0 Å². The van der Waals surface area contributed by atoms with Crippen LogP contribution in [0.2, 0.25) is 0 Å². The van der Waals surface area contributed by atoms with Gasteiger partial charge in [-0.05, 0) is 122 Å². The Morgan fingerprint density at radius 2 is 0.565 bits per heavy atom. The zero-order chi connectivity index (χ0) is 50.0. The number of ether oxygens (including phenoxy) is 3. The van der Waals surface area contributed by atoms with E-state index in [9.17, 15) is 14.4 Å². The molecular formula is C63H106O6. The summed E-state index contributed by atoms with van der Waals surface area (Å²) in [5, 5.41) is 0. The molecule has 0 aromatic carbocycles. The molecule has 6 nitrogen and oxygen atoms in total. The van der Waals surface area contributed by atoms with Crippen molar-refractivity contribution < 1.29 is 28.6 Å². The second-order valence-corrected chi connectivity index (χ2v) is 18.8. The van der Waals surface area contributed by atoms with Crippen molar-refractivity contribution in [3.8, 4) is 0 Å². The number of hydrogen-bond acceptors (Lipinski definition) is 6. The fourth-order valence-corrected chi connectivity index (χ4v) is 7.73. The number of allylic oxidation sites excluding steroid dienone is 16. The van der Waals surface area contributed by atoms with E-state index >= 15 is 0 Å². The number of esters is 3. The van der Waals surface area contributed by atoms with Crippen LogP contribution in [0.15, 0.2) is 97.2 Å². The molecule has 6 heteroatoms. The molecule has 0 saturated heterocycles. The van der Waals surface area contributed by atoms with Crippen molar-refractivity contribution in [2.75, 3.05) is 13.2 Å². The first-order valence-corrected chi connectivity index (χ1v) is 28.7. The lowest BCUT2D eigenvalue weighted by atomic mass is 10.1. The largest absolute Gasteiger partial charge is 0.462 e. The highest BCUT2D eigenvalue weighted by Gasteiger charge is 2.19. The van der Waals surface area contributed by atoms with Crippen molar-refractivity contribution in [1.29, 1.82) is 0 Å². The molecule has 0 saturated carbocycles. The molecule has 0 aliphatic heterocycles. The van der Waals surface area contributed by atoms with Crippen LogP contribution in [-0.2, 0) is 28.6 Å². The van der Waals surface area contributed by atoms with Gasteiger partial charge in [0.15, 0.2) is 6.10 Å². The highest BCUT2D eigenvalue weighted by atomic mass is 16.6. The van der Waals surface area contributed by atoms with Gasteiger partial charge in [-0.25, -0.2) is 0 Å². The third kappa shape index (κ3) is 55.1. The van der Waals surface area contributed by atoms with E-state index in [1.54, 1.807) is 0 Å². The highest BCUT2D eigenvalue weighted by Crippen LogP contribution is 2.14. The summed E-state index contributed by atoms with van der Waals surface area (Å²) >= 11 is 0. The molecule has 69 heavy (non-hydrogen) atoms. The van der Waals surface area contributed by atoms with Crippen LogP contribution in [0.5, 0.6) is 0 Å². The van der Waals surface area contributed by atoms with Crippen LogP contribution in [0.4, 0.5) is 0 Å². The molecule has 0 aliphatic carbocycles. The fraction of sp³-hybridized carbons (Fsp3) is 0.698. The van der Waals surface area contributed by atoms with Crippen LogP contribution < -0.4 is 0 Å². The molecule has 0 fully saturated rings. The first kappa shape index (κ1) is 65.3. The fourth-order valence-electron chi connectivity index (χ4n) is 7.73. The summed E-state index contributed by atoms with van der Waals surface area (Å²) in [6, 6.07) is 0. The molecule has 0 radical (unpaired) electrons. The topological polar surface area (TPSA) is 78.9 Å². The number of unbranched alkanes of at least 4 members (excludes halogenated alkanes) is 24. The standard InChI is InChI=1S/C63H106O6/c1-4-7-10-13-16-19-22-25-28-29-30-31-32-33-36-38-41-44-47-50-53-56-62(65)68-59-60(69-63(66)57-54-51-48-45-42-39-35-27-24-21-18-15-12-9-6-3)58-67-61(64)55-52-49-46-43-40-37-34-26-23-20-17-14-11-8-5-2/h7,10,16,18-19,21,25-28,30-31,33-36,60H,4-6,8-9,11-15,17,20,22-24,29,32,37-59H2,1-3H3/b10-7-,19-16-,21-18-,28-25-,31-30-,34-26-,35-27-,36-33-. The Morgan fingerprint density at radius 1 is 0.304 bits per heavy atom. The molecule has 394 valence electrons. The van der Waals surface area contributed by atoms with E-state index in [4.69, 9.17) is 14.2 Å². The smallest absolute Gasteiger partial charge is 0.306 e. The van der Waals surface area contributed by atoms with Gasteiger partial charge in [0.2, 0.25) is 0 Å². The van der Waals surface area contributed by atoms with Crippen LogP contribution in [-0.4, -0.2) is 37.2 Å². The van der Waals surface area contributed by atoms with Crippen molar-refractivity contribution >= 4 is 17.9 Å². The van der Waals surface area contributed by atoms with Gasteiger partial charge < -0.3 is 14.2 Å². The van der Waals surface area contributed by atoms with Gasteiger partial charge in [0.1, 0.15) is 13.2 Å². The van der Waals surface area contributed by atoms with Crippen LogP contribution in [0.1, 0.15) is 265 Å². The number of carbonyl (C=O) groups is 3. The van der Waals surface area contributed by atoms with Crippen LogP contribution in [0.3, 0.4) is 0 Å². The second-order valence-electron chi connectivity index (χ2n) is 18.8. The number of hydrogen-bond donors (Lipinski definition) is 0. The van der Waals surface area contributed by atoms with Crippen molar-refractivity contribution in [2.24, 2.45) is 0 Å². The van der Waals surface area contributed by atoms with Gasteiger partial charge in [-0.2, -0.15) is 0 Å². The summed E-state index contributed by atoms with van der Waals surface area (Å²) in [7, 11) is 0. The second kappa shape index (κ2) is 56.9. The van der Waals surface area contributed by atoms with Crippen molar-refractivity contribution in [3.05, 3.63) is 97.2 Å². The van der Waals surface area contributed by atoms with Gasteiger partial charge >= 0.3 is 17.9 Å². The summed E-state index contributed by atoms with van der Waals surface area (Å²) in [5.74, 6) is -0.933. The minimum Gasteiger partial charge on any atom is -0.462 e. The van der Waals surface area contributed by atoms with Gasteiger partial charge in [0.25, 0.3) is 0 Å². The highest BCUT2D eigenvalue weighted by molar-refractivity contribution is 5.71. The zero-order valence-corrected chi connectivity index (χ0v) is 45.0. The Morgan fingerprint density at radius 3 is 0.928 bits per heavy atom. The summed E-state index contributed by atoms with van der Waals surface area (Å²) in [5.41, 5.74) is 0. The molecule has 0 spiro atoms. The quantitative estimate of drug-likeness (QED) is 0.0262. The number of carbonyl (C=O) groups excluding carboxylic acids is 3. The average Bonchev–Trinajstić information content (AvgIpc) is 3.35. The maximum atomic E-state index is 12.8. The lowest BCUT2D eigenvalue weighted by Crippen LogP contribution is -2.30. The molecule has 0 aromatic heterocycles. The molecule has 0 bridgehead atoms. The predicted molar refractivity (Wildman–Crippen MR) is 297 cm³/mol. The molecule has 0 aliphatic rings. The normalized spacial score (nSPS) is 12.8.